The third-order valence-corrected chi connectivity index (χ3v) is 3.15. The number of aromatic carboxylic acids is 1. The molecule has 0 atom stereocenters. The average Bonchev–Trinajstić information content (AvgIpc) is 2.82. The molecule has 0 radical (unpaired) electrons. The maximum Gasteiger partial charge on any atom is 0.337 e. The van der Waals surface area contributed by atoms with Crippen molar-refractivity contribution in [1.82, 2.24) is 15.0 Å². The van der Waals surface area contributed by atoms with Crippen molar-refractivity contribution in [1.29, 1.82) is 0 Å². The lowest BCUT2D eigenvalue weighted by atomic mass is 10.2. The van der Waals surface area contributed by atoms with Crippen LogP contribution >= 0.6 is 11.6 Å². The minimum absolute atomic E-state index is 0.0215. The first-order valence-electron chi connectivity index (χ1n) is 5.61. The number of carboxylic acid groups (broad SMARTS) is 1. The molecular formula is C13H7ClFN3O2. The molecule has 0 aliphatic carbocycles. The lowest BCUT2D eigenvalue weighted by Crippen LogP contribution is -2.05. The number of benzene rings is 2. The van der Waals surface area contributed by atoms with Gasteiger partial charge in [0.05, 0.1) is 10.6 Å². The summed E-state index contributed by atoms with van der Waals surface area (Å²) in [7, 11) is 0. The molecule has 0 saturated heterocycles. The Labute approximate surface area is 117 Å². The fourth-order valence-corrected chi connectivity index (χ4v) is 2.24. The van der Waals surface area contributed by atoms with Crippen molar-refractivity contribution in [2.24, 2.45) is 0 Å². The predicted octanol–water partition coefficient (Wildman–Crippen LogP) is 2.91. The van der Waals surface area contributed by atoms with Gasteiger partial charge in [-0.2, -0.15) is 0 Å². The molecule has 5 nitrogen and oxygen atoms in total. The molecule has 1 aromatic heterocycles. The van der Waals surface area contributed by atoms with E-state index >= 15 is 0 Å². The highest BCUT2D eigenvalue weighted by atomic mass is 35.5. The second kappa shape index (κ2) is 4.57. The minimum Gasteiger partial charge on any atom is -0.478 e. The Morgan fingerprint density at radius 2 is 2.00 bits per heavy atom. The number of halogens is 2. The molecule has 3 aromatic rings. The Kier molecular flexibility index (Phi) is 2.87. The summed E-state index contributed by atoms with van der Waals surface area (Å²) >= 11 is 5.98. The van der Waals surface area contributed by atoms with Gasteiger partial charge in [-0.3, -0.25) is 0 Å². The van der Waals surface area contributed by atoms with Crippen LogP contribution in [0.4, 0.5) is 4.39 Å². The van der Waals surface area contributed by atoms with Gasteiger partial charge in [0.25, 0.3) is 0 Å². The van der Waals surface area contributed by atoms with E-state index in [0.717, 1.165) is 4.68 Å². The van der Waals surface area contributed by atoms with Crippen LogP contribution in [0.25, 0.3) is 16.7 Å². The lowest BCUT2D eigenvalue weighted by Gasteiger charge is -2.07. The van der Waals surface area contributed by atoms with Crippen LogP contribution in [0.5, 0.6) is 0 Å². The Balaban J connectivity index is 2.41. The summed E-state index contributed by atoms with van der Waals surface area (Å²) in [4.78, 5) is 11.3. The van der Waals surface area contributed by atoms with E-state index in [1.54, 1.807) is 12.1 Å². The van der Waals surface area contributed by atoms with Crippen molar-refractivity contribution in [3.8, 4) is 5.69 Å². The second-order valence-electron chi connectivity index (χ2n) is 4.05. The molecule has 0 saturated carbocycles. The highest BCUT2D eigenvalue weighted by molar-refractivity contribution is 6.32. The Hall–Kier alpha value is -2.47. The molecule has 0 bridgehead atoms. The third kappa shape index (κ3) is 1.81. The van der Waals surface area contributed by atoms with Gasteiger partial charge in [0.15, 0.2) is 0 Å². The van der Waals surface area contributed by atoms with Gasteiger partial charge in [-0.25, -0.2) is 13.9 Å². The molecule has 7 heteroatoms. The van der Waals surface area contributed by atoms with Crippen LogP contribution in [0, 0.1) is 5.82 Å². The lowest BCUT2D eigenvalue weighted by molar-refractivity contribution is 0.0698. The summed E-state index contributed by atoms with van der Waals surface area (Å²) < 4.78 is 15.1. The highest BCUT2D eigenvalue weighted by Gasteiger charge is 2.19. The molecule has 100 valence electrons. The summed E-state index contributed by atoms with van der Waals surface area (Å²) in [6, 6.07) is 8.72. The van der Waals surface area contributed by atoms with Crippen LogP contribution in [-0.2, 0) is 0 Å². The van der Waals surface area contributed by atoms with Gasteiger partial charge in [-0.15, -0.1) is 5.10 Å². The van der Waals surface area contributed by atoms with Crippen molar-refractivity contribution in [3.05, 3.63) is 52.8 Å². The van der Waals surface area contributed by atoms with Crippen LogP contribution in [0.15, 0.2) is 36.4 Å². The third-order valence-electron chi connectivity index (χ3n) is 2.85. The van der Waals surface area contributed by atoms with Crippen molar-refractivity contribution >= 4 is 28.6 Å². The van der Waals surface area contributed by atoms with Crippen LogP contribution in [0.3, 0.4) is 0 Å². The standard InChI is InChI=1S/C13H7ClFN3O2/c14-8-4-2-5-9(15)12(8)18-11-7(13(19)20)3-1-6-10(11)16-17-18/h1-6H,(H,19,20). The zero-order valence-corrected chi connectivity index (χ0v) is 10.7. The number of hydrogen-bond acceptors (Lipinski definition) is 3. The van der Waals surface area contributed by atoms with Gasteiger partial charge >= 0.3 is 5.97 Å². The van der Waals surface area contributed by atoms with Gasteiger partial charge in [0.1, 0.15) is 22.5 Å². The molecule has 0 spiro atoms. The zero-order valence-electron chi connectivity index (χ0n) is 9.92. The monoisotopic (exact) mass is 291 g/mol. The molecule has 0 amide bonds. The zero-order chi connectivity index (χ0) is 14.3. The molecule has 0 fully saturated rings. The second-order valence-corrected chi connectivity index (χ2v) is 4.46. The first-order valence-corrected chi connectivity index (χ1v) is 5.99. The molecule has 20 heavy (non-hydrogen) atoms. The van der Waals surface area contributed by atoms with Gasteiger partial charge in [0.2, 0.25) is 0 Å². The quantitative estimate of drug-likeness (QED) is 0.788. The summed E-state index contributed by atoms with van der Waals surface area (Å²) in [6.07, 6.45) is 0. The van der Waals surface area contributed by atoms with Crippen LogP contribution in [-0.4, -0.2) is 26.1 Å². The number of carbonyl (C=O) groups is 1. The first kappa shape index (κ1) is 12.6. The number of para-hydroxylation sites is 2. The van der Waals surface area contributed by atoms with Gasteiger partial charge in [0, 0.05) is 0 Å². The van der Waals surface area contributed by atoms with E-state index in [0.29, 0.717) is 5.52 Å². The molecule has 0 aliphatic heterocycles. The van der Waals surface area contributed by atoms with Crippen LogP contribution in [0.1, 0.15) is 10.4 Å². The van der Waals surface area contributed by atoms with Gasteiger partial charge in [-0.1, -0.05) is 28.9 Å². The normalized spacial score (nSPS) is 10.9. The summed E-state index contributed by atoms with van der Waals surface area (Å²) in [5.74, 6) is -1.75. The van der Waals surface area contributed by atoms with Crippen molar-refractivity contribution < 1.29 is 14.3 Å². The highest BCUT2D eigenvalue weighted by Crippen LogP contribution is 2.27. The fourth-order valence-electron chi connectivity index (χ4n) is 1.99. The van der Waals surface area contributed by atoms with E-state index in [1.165, 1.54) is 24.3 Å². The maximum absolute atomic E-state index is 14.0. The summed E-state index contributed by atoms with van der Waals surface area (Å²) in [6.45, 7) is 0. The van der Waals surface area contributed by atoms with Crippen molar-refractivity contribution in [2.45, 2.75) is 0 Å². The number of nitrogens with zero attached hydrogens (tertiary/aromatic N) is 3. The Bertz CT molecular complexity index is 811. The molecule has 2 aromatic carbocycles. The Morgan fingerprint density at radius 3 is 2.70 bits per heavy atom. The van der Waals surface area contributed by atoms with Crippen molar-refractivity contribution in [2.75, 3.05) is 0 Å². The summed E-state index contributed by atoms with van der Waals surface area (Å²) in [5.41, 5.74) is 0.508. The predicted molar refractivity (Wildman–Crippen MR) is 70.8 cm³/mol. The van der Waals surface area contributed by atoms with Crippen LogP contribution in [0.2, 0.25) is 5.02 Å². The average molecular weight is 292 g/mol. The van der Waals surface area contributed by atoms with E-state index in [4.69, 9.17) is 11.6 Å². The number of carboxylic acids is 1. The molecule has 1 heterocycles. The van der Waals surface area contributed by atoms with Gasteiger partial charge in [-0.05, 0) is 24.3 Å². The Morgan fingerprint density at radius 1 is 1.25 bits per heavy atom. The SMILES string of the molecule is O=C(O)c1cccc2nnn(-c3c(F)cccc3Cl)c12. The molecule has 1 N–H and O–H groups in total. The molecule has 0 aliphatic rings. The van der Waals surface area contributed by atoms with E-state index < -0.39 is 11.8 Å². The number of aromatic nitrogens is 3. The number of hydrogen-bond donors (Lipinski definition) is 1. The fraction of sp³-hybridized carbons (Fsp3) is 0. The van der Waals surface area contributed by atoms with E-state index in [2.05, 4.69) is 10.3 Å². The van der Waals surface area contributed by atoms with E-state index in [1.807, 2.05) is 0 Å². The number of fused-ring (bicyclic) bond motifs is 1. The summed E-state index contributed by atoms with van der Waals surface area (Å²) in [5, 5.41) is 17.0. The number of rotatable bonds is 2. The molecular weight excluding hydrogens is 285 g/mol. The first-order chi connectivity index (χ1) is 9.59. The maximum atomic E-state index is 14.0. The van der Waals surface area contributed by atoms with Crippen molar-refractivity contribution in [3.63, 3.8) is 0 Å². The molecule has 3 rings (SSSR count). The minimum atomic E-state index is -1.15. The van der Waals surface area contributed by atoms with Crippen LogP contribution < -0.4 is 0 Å². The largest absolute Gasteiger partial charge is 0.478 e. The molecule has 0 unspecified atom stereocenters. The van der Waals surface area contributed by atoms with Gasteiger partial charge < -0.3 is 5.11 Å². The van der Waals surface area contributed by atoms with E-state index in [9.17, 15) is 14.3 Å². The smallest absolute Gasteiger partial charge is 0.337 e. The van der Waals surface area contributed by atoms with E-state index in [-0.39, 0.29) is 21.8 Å². The topological polar surface area (TPSA) is 68.0 Å².